The Balaban J connectivity index is 1.91. The van der Waals surface area contributed by atoms with Gasteiger partial charge in [-0.3, -0.25) is 0 Å². The molecule has 0 aliphatic carbocycles. The lowest BCUT2D eigenvalue weighted by atomic mass is 10.2. The Hall–Kier alpha value is -1.33. The minimum atomic E-state index is -4.36. The van der Waals surface area contributed by atoms with Gasteiger partial charge in [-0.05, 0) is 30.3 Å². The van der Waals surface area contributed by atoms with E-state index in [-0.39, 0.29) is 5.02 Å². The van der Waals surface area contributed by atoms with Gasteiger partial charge in [-0.2, -0.15) is 13.2 Å². The lowest BCUT2D eigenvalue weighted by molar-refractivity contribution is -0.137. The van der Waals surface area contributed by atoms with Crippen molar-refractivity contribution in [3.63, 3.8) is 0 Å². The highest BCUT2D eigenvalue weighted by atomic mass is 35.5. The van der Waals surface area contributed by atoms with E-state index in [1.807, 2.05) is 30.3 Å². The van der Waals surface area contributed by atoms with Crippen molar-refractivity contribution in [1.82, 2.24) is 0 Å². The molecule has 2 rings (SSSR count). The maximum atomic E-state index is 12.6. The molecule has 0 radical (unpaired) electrons. The molecule has 0 fully saturated rings. The van der Waals surface area contributed by atoms with Crippen LogP contribution in [0.3, 0.4) is 0 Å². The van der Waals surface area contributed by atoms with E-state index in [1.54, 1.807) is 11.8 Å². The van der Waals surface area contributed by atoms with Crippen LogP contribution >= 0.6 is 23.4 Å². The summed E-state index contributed by atoms with van der Waals surface area (Å²) in [5.74, 6) is 0.733. The van der Waals surface area contributed by atoms with E-state index in [1.165, 1.54) is 6.07 Å². The molecule has 0 bridgehead atoms. The highest BCUT2D eigenvalue weighted by Gasteiger charge is 2.30. The Morgan fingerprint density at radius 1 is 1.05 bits per heavy atom. The van der Waals surface area contributed by atoms with E-state index in [4.69, 9.17) is 11.6 Å². The van der Waals surface area contributed by atoms with Crippen LogP contribution in [0.1, 0.15) is 5.56 Å². The summed E-state index contributed by atoms with van der Waals surface area (Å²) < 4.78 is 37.9. The van der Waals surface area contributed by atoms with Crippen LogP contribution in [-0.4, -0.2) is 12.3 Å². The van der Waals surface area contributed by atoms with Crippen molar-refractivity contribution in [2.45, 2.75) is 11.1 Å². The number of nitrogens with one attached hydrogen (secondary N) is 1. The first kappa shape index (κ1) is 16.0. The van der Waals surface area contributed by atoms with Gasteiger partial charge in [-0.15, -0.1) is 11.8 Å². The van der Waals surface area contributed by atoms with Gasteiger partial charge in [0.05, 0.1) is 16.3 Å². The SMILES string of the molecule is FC(F)(F)c1ccc(Cl)c(NCCSc2ccccc2)c1. The number of rotatable bonds is 5. The van der Waals surface area contributed by atoms with Crippen LogP contribution in [0.5, 0.6) is 0 Å². The van der Waals surface area contributed by atoms with E-state index in [0.29, 0.717) is 12.2 Å². The molecule has 0 saturated heterocycles. The smallest absolute Gasteiger partial charge is 0.383 e. The summed E-state index contributed by atoms with van der Waals surface area (Å²) in [6.07, 6.45) is -4.36. The van der Waals surface area contributed by atoms with Crippen LogP contribution in [0.2, 0.25) is 5.02 Å². The lowest BCUT2D eigenvalue weighted by Gasteiger charge is -2.12. The van der Waals surface area contributed by atoms with E-state index in [9.17, 15) is 13.2 Å². The molecule has 2 aromatic rings. The summed E-state index contributed by atoms with van der Waals surface area (Å²) in [6.45, 7) is 0.528. The predicted molar refractivity (Wildman–Crippen MR) is 82.1 cm³/mol. The van der Waals surface area contributed by atoms with Crippen molar-refractivity contribution < 1.29 is 13.2 Å². The highest BCUT2D eigenvalue weighted by molar-refractivity contribution is 7.99. The topological polar surface area (TPSA) is 12.0 Å². The molecule has 0 atom stereocenters. The third-order valence-electron chi connectivity index (χ3n) is 2.72. The third-order valence-corrected chi connectivity index (χ3v) is 4.07. The predicted octanol–water partition coefficient (Wildman–Crippen LogP) is 5.56. The first-order chi connectivity index (χ1) is 9.97. The van der Waals surface area contributed by atoms with E-state index >= 15 is 0 Å². The number of thioether (sulfide) groups is 1. The second-order valence-corrected chi connectivity index (χ2v) is 5.86. The van der Waals surface area contributed by atoms with Crippen molar-refractivity contribution in [3.05, 3.63) is 59.1 Å². The van der Waals surface area contributed by atoms with Crippen LogP contribution in [0.25, 0.3) is 0 Å². The Morgan fingerprint density at radius 2 is 1.76 bits per heavy atom. The van der Waals surface area contributed by atoms with Gasteiger partial charge in [0.1, 0.15) is 0 Å². The molecule has 112 valence electrons. The zero-order valence-corrected chi connectivity index (χ0v) is 12.5. The van der Waals surface area contributed by atoms with Gasteiger partial charge < -0.3 is 5.32 Å². The van der Waals surface area contributed by atoms with Crippen LogP contribution in [0.15, 0.2) is 53.4 Å². The number of anilines is 1. The Morgan fingerprint density at radius 3 is 2.43 bits per heavy atom. The maximum absolute atomic E-state index is 12.6. The molecule has 0 aliphatic rings. The van der Waals surface area contributed by atoms with E-state index in [0.717, 1.165) is 22.8 Å². The number of benzene rings is 2. The Bertz CT molecular complexity index is 587. The molecule has 0 saturated carbocycles. The minimum Gasteiger partial charge on any atom is -0.383 e. The minimum absolute atomic E-state index is 0.285. The van der Waals surface area contributed by atoms with Crippen LogP contribution in [-0.2, 0) is 6.18 Å². The van der Waals surface area contributed by atoms with Crippen molar-refractivity contribution in [2.24, 2.45) is 0 Å². The second-order valence-electron chi connectivity index (χ2n) is 4.28. The zero-order valence-electron chi connectivity index (χ0n) is 11.0. The first-order valence-electron chi connectivity index (χ1n) is 6.25. The summed E-state index contributed by atoms with van der Waals surface area (Å²) in [5.41, 5.74) is -0.398. The fraction of sp³-hybridized carbons (Fsp3) is 0.200. The van der Waals surface area contributed by atoms with E-state index < -0.39 is 11.7 Å². The van der Waals surface area contributed by atoms with Gasteiger partial charge >= 0.3 is 6.18 Å². The monoisotopic (exact) mass is 331 g/mol. The van der Waals surface area contributed by atoms with Gasteiger partial charge in [0, 0.05) is 17.2 Å². The molecule has 6 heteroatoms. The number of alkyl halides is 3. The van der Waals surface area contributed by atoms with Crippen molar-refractivity contribution >= 4 is 29.1 Å². The van der Waals surface area contributed by atoms with Gasteiger partial charge in [0.25, 0.3) is 0 Å². The number of halogens is 4. The third kappa shape index (κ3) is 4.86. The fourth-order valence-electron chi connectivity index (χ4n) is 1.71. The highest BCUT2D eigenvalue weighted by Crippen LogP contribution is 2.33. The largest absolute Gasteiger partial charge is 0.416 e. The van der Waals surface area contributed by atoms with Crippen LogP contribution < -0.4 is 5.32 Å². The first-order valence-corrected chi connectivity index (χ1v) is 7.61. The van der Waals surface area contributed by atoms with Gasteiger partial charge in [0.2, 0.25) is 0 Å². The Kier molecular flexibility index (Phi) is 5.42. The molecule has 21 heavy (non-hydrogen) atoms. The van der Waals surface area contributed by atoms with Gasteiger partial charge in [-0.1, -0.05) is 29.8 Å². The van der Waals surface area contributed by atoms with Crippen molar-refractivity contribution in [2.75, 3.05) is 17.6 Å². The molecule has 0 spiro atoms. The molecule has 1 nitrogen and oxygen atoms in total. The van der Waals surface area contributed by atoms with Gasteiger partial charge in [0.15, 0.2) is 0 Å². The molecular formula is C15H13ClF3NS. The standard InChI is InChI=1S/C15H13ClF3NS/c16-13-7-6-11(15(17,18)19)10-14(13)20-8-9-21-12-4-2-1-3-5-12/h1-7,10,20H,8-9H2. The average Bonchev–Trinajstić information content (AvgIpc) is 2.45. The molecule has 0 aromatic heterocycles. The lowest BCUT2D eigenvalue weighted by Crippen LogP contribution is -2.08. The fourth-order valence-corrected chi connectivity index (χ4v) is 2.68. The average molecular weight is 332 g/mol. The summed E-state index contributed by atoms with van der Waals surface area (Å²) in [6, 6.07) is 13.1. The zero-order chi connectivity index (χ0) is 15.3. The quantitative estimate of drug-likeness (QED) is 0.568. The molecule has 0 unspecified atom stereocenters. The normalized spacial score (nSPS) is 11.4. The summed E-state index contributed by atoms with van der Waals surface area (Å²) in [4.78, 5) is 1.12. The maximum Gasteiger partial charge on any atom is 0.416 e. The van der Waals surface area contributed by atoms with Crippen molar-refractivity contribution in [1.29, 1.82) is 0 Å². The second kappa shape index (κ2) is 7.09. The van der Waals surface area contributed by atoms with Crippen LogP contribution in [0, 0.1) is 0 Å². The number of hydrogen-bond donors (Lipinski definition) is 1. The molecule has 2 aromatic carbocycles. The van der Waals surface area contributed by atoms with E-state index in [2.05, 4.69) is 5.32 Å². The molecule has 0 aliphatic heterocycles. The summed E-state index contributed by atoms with van der Waals surface area (Å²) in [7, 11) is 0. The summed E-state index contributed by atoms with van der Waals surface area (Å²) >= 11 is 7.53. The van der Waals surface area contributed by atoms with Gasteiger partial charge in [-0.25, -0.2) is 0 Å². The molecular weight excluding hydrogens is 319 g/mol. The summed E-state index contributed by atoms with van der Waals surface area (Å²) in [5, 5.41) is 3.23. The number of hydrogen-bond acceptors (Lipinski definition) is 2. The molecule has 0 heterocycles. The molecule has 1 N–H and O–H groups in total. The Labute approximate surface area is 130 Å². The molecule has 0 amide bonds. The van der Waals surface area contributed by atoms with Crippen LogP contribution in [0.4, 0.5) is 18.9 Å². The van der Waals surface area contributed by atoms with Crippen molar-refractivity contribution in [3.8, 4) is 0 Å².